The third kappa shape index (κ3) is 4.17. The number of carbonyl (C=O) groups excluding carboxylic acids is 2. The molecule has 0 saturated heterocycles. The van der Waals surface area contributed by atoms with Crippen molar-refractivity contribution in [3.05, 3.63) is 82.2 Å². The molecule has 2 aromatic carbocycles. The SMILES string of the molecule is O=C(NCC1CS(=O)(=O)c2ccccc21)c1cccc(NC(=O)c2ccc(Br)o2)c1. The van der Waals surface area contributed by atoms with Gasteiger partial charge in [-0.1, -0.05) is 24.3 Å². The zero-order valence-corrected chi connectivity index (χ0v) is 18.0. The molecule has 1 aliphatic heterocycles. The predicted molar refractivity (Wildman–Crippen MR) is 114 cm³/mol. The van der Waals surface area contributed by atoms with Gasteiger partial charge in [-0.2, -0.15) is 0 Å². The van der Waals surface area contributed by atoms with Crippen LogP contribution in [0.3, 0.4) is 0 Å². The lowest BCUT2D eigenvalue weighted by Crippen LogP contribution is -2.29. The number of amides is 2. The van der Waals surface area contributed by atoms with Crippen molar-refractivity contribution >= 4 is 43.3 Å². The molecule has 30 heavy (non-hydrogen) atoms. The number of carbonyl (C=O) groups is 2. The lowest BCUT2D eigenvalue weighted by Gasteiger charge is -2.12. The van der Waals surface area contributed by atoms with E-state index in [2.05, 4.69) is 26.6 Å². The number of benzene rings is 2. The highest BCUT2D eigenvalue weighted by molar-refractivity contribution is 9.10. The van der Waals surface area contributed by atoms with Crippen molar-refractivity contribution in [3.8, 4) is 0 Å². The third-order valence-corrected chi connectivity index (χ3v) is 7.11. The van der Waals surface area contributed by atoms with Gasteiger partial charge in [-0.15, -0.1) is 0 Å². The molecule has 9 heteroatoms. The van der Waals surface area contributed by atoms with Crippen LogP contribution in [0.25, 0.3) is 0 Å². The number of fused-ring (bicyclic) bond motifs is 1. The van der Waals surface area contributed by atoms with E-state index in [-0.39, 0.29) is 29.9 Å². The summed E-state index contributed by atoms with van der Waals surface area (Å²) in [7, 11) is -3.32. The fourth-order valence-electron chi connectivity index (χ4n) is 3.40. The van der Waals surface area contributed by atoms with E-state index in [0.29, 0.717) is 20.8 Å². The highest BCUT2D eigenvalue weighted by atomic mass is 79.9. The van der Waals surface area contributed by atoms with Crippen molar-refractivity contribution in [2.75, 3.05) is 17.6 Å². The Bertz CT molecular complexity index is 1240. The van der Waals surface area contributed by atoms with E-state index < -0.39 is 15.7 Å². The summed E-state index contributed by atoms with van der Waals surface area (Å²) in [6.07, 6.45) is 0. The normalized spacial score (nSPS) is 16.6. The number of furan rings is 1. The summed E-state index contributed by atoms with van der Waals surface area (Å²) in [6, 6.07) is 16.5. The van der Waals surface area contributed by atoms with Crippen molar-refractivity contribution in [1.29, 1.82) is 0 Å². The first-order chi connectivity index (χ1) is 14.3. The lowest BCUT2D eigenvalue weighted by atomic mass is 10.0. The topological polar surface area (TPSA) is 105 Å². The van der Waals surface area contributed by atoms with Crippen LogP contribution >= 0.6 is 15.9 Å². The second kappa shape index (κ2) is 8.08. The van der Waals surface area contributed by atoms with Crippen LogP contribution in [0.5, 0.6) is 0 Å². The van der Waals surface area contributed by atoms with Gasteiger partial charge in [0.05, 0.1) is 10.6 Å². The molecule has 1 unspecified atom stereocenters. The van der Waals surface area contributed by atoms with E-state index in [4.69, 9.17) is 4.42 Å². The molecular weight excluding hydrogens is 472 g/mol. The molecule has 2 N–H and O–H groups in total. The maximum Gasteiger partial charge on any atom is 0.291 e. The molecule has 1 aliphatic rings. The Labute approximate surface area is 181 Å². The summed E-state index contributed by atoms with van der Waals surface area (Å²) < 4.78 is 30.2. The zero-order chi connectivity index (χ0) is 21.3. The quantitative estimate of drug-likeness (QED) is 0.570. The van der Waals surface area contributed by atoms with Gasteiger partial charge in [0.1, 0.15) is 0 Å². The van der Waals surface area contributed by atoms with E-state index in [9.17, 15) is 18.0 Å². The summed E-state index contributed by atoms with van der Waals surface area (Å²) in [5.41, 5.74) is 1.51. The van der Waals surface area contributed by atoms with Gasteiger partial charge in [-0.25, -0.2) is 8.42 Å². The summed E-state index contributed by atoms with van der Waals surface area (Å²) in [6.45, 7) is 0.200. The maximum absolute atomic E-state index is 12.6. The minimum Gasteiger partial charge on any atom is -0.444 e. The highest BCUT2D eigenvalue weighted by Crippen LogP contribution is 2.34. The molecule has 4 rings (SSSR count). The van der Waals surface area contributed by atoms with Gasteiger partial charge in [0.2, 0.25) is 0 Å². The van der Waals surface area contributed by atoms with Crippen LogP contribution in [0, 0.1) is 0 Å². The van der Waals surface area contributed by atoms with Gasteiger partial charge in [0, 0.05) is 23.7 Å². The van der Waals surface area contributed by atoms with Crippen LogP contribution in [-0.2, 0) is 9.84 Å². The van der Waals surface area contributed by atoms with E-state index in [1.54, 1.807) is 54.6 Å². The van der Waals surface area contributed by atoms with Gasteiger partial charge in [-0.05, 0) is 57.9 Å². The average Bonchev–Trinajstić information content (AvgIpc) is 3.27. The van der Waals surface area contributed by atoms with Gasteiger partial charge in [0.15, 0.2) is 20.3 Å². The fourth-order valence-corrected chi connectivity index (χ4v) is 5.59. The van der Waals surface area contributed by atoms with Gasteiger partial charge < -0.3 is 15.1 Å². The molecule has 0 saturated carbocycles. The number of hydrogen-bond acceptors (Lipinski definition) is 5. The number of rotatable bonds is 5. The molecule has 0 spiro atoms. The van der Waals surface area contributed by atoms with Crippen LogP contribution in [-0.4, -0.2) is 32.5 Å². The van der Waals surface area contributed by atoms with Crippen molar-refractivity contribution in [2.45, 2.75) is 10.8 Å². The van der Waals surface area contributed by atoms with Gasteiger partial charge >= 0.3 is 0 Å². The second-order valence-corrected chi connectivity index (χ2v) is 9.65. The average molecular weight is 489 g/mol. The van der Waals surface area contributed by atoms with Crippen LogP contribution in [0.2, 0.25) is 0 Å². The predicted octanol–water partition coefficient (Wildman–Crippen LogP) is 3.60. The first-order valence-corrected chi connectivity index (χ1v) is 11.5. The summed E-state index contributed by atoms with van der Waals surface area (Å²) >= 11 is 3.14. The first-order valence-electron chi connectivity index (χ1n) is 9.10. The third-order valence-electron chi connectivity index (χ3n) is 4.80. The minimum atomic E-state index is -3.32. The summed E-state index contributed by atoms with van der Waals surface area (Å²) in [4.78, 5) is 25.1. The highest BCUT2D eigenvalue weighted by Gasteiger charge is 2.34. The maximum atomic E-state index is 12.6. The molecule has 0 bridgehead atoms. The number of anilines is 1. The minimum absolute atomic E-state index is 0.0264. The molecular formula is C21H17BrN2O5S. The molecule has 2 amide bonds. The van der Waals surface area contributed by atoms with E-state index >= 15 is 0 Å². The number of halogens is 1. The molecule has 7 nitrogen and oxygen atoms in total. The summed E-state index contributed by atoms with van der Waals surface area (Å²) in [5, 5.41) is 5.47. The first kappa shape index (κ1) is 20.4. The standard InChI is InChI=1S/C21H17BrN2O5S/c22-19-9-8-17(29-19)21(26)24-15-5-3-4-13(10-15)20(25)23-11-14-12-30(27,28)18-7-2-1-6-16(14)18/h1-10,14H,11-12H2,(H,23,25)(H,24,26). The monoisotopic (exact) mass is 488 g/mol. The Morgan fingerprint density at radius 1 is 1.03 bits per heavy atom. The Balaban J connectivity index is 1.42. The molecule has 2 heterocycles. The van der Waals surface area contributed by atoms with Crippen molar-refractivity contribution in [2.24, 2.45) is 0 Å². The Hall–Kier alpha value is -2.91. The van der Waals surface area contributed by atoms with Crippen LogP contribution in [0.1, 0.15) is 32.4 Å². The molecule has 1 aromatic heterocycles. The Morgan fingerprint density at radius 2 is 1.83 bits per heavy atom. The van der Waals surface area contributed by atoms with E-state index in [1.807, 2.05) is 0 Å². The lowest BCUT2D eigenvalue weighted by molar-refractivity contribution is 0.0949. The Kier molecular flexibility index (Phi) is 5.48. The molecule has 1 atom stereocenters. The second-order valence-electron chi connectivity index (χ2n) is 6.86. The van der Waals surface area contributed by atoms with E-state index in [1.165, 1.54) is 6.07 Å². The molecule has 0 fully saturated rings. The number of hydrogen-bond donors (Lipinski definition) is 2. The van der Waals surface area contributed by atoms with Crippen molar-refractivity contribution in [3.63, 3.8) is 0 Å². The van der Waals surface area contributed by atoms with Crippen LogP contribution in [0.4, 0.5) is 5.69 Å². The largest absolute Gasteiger partial charge is 0.444 e. The molecule has 154 valence electrons. The smallest absolute Gasteiger partial charge is 0.291 e. The number of nitrogens with one attached hydrogen (secondary N) is 2. The van der Waals surface area contributed by atoms with Crippen molar-refractivity contribution < 1.29 is 22.4 Å². The van der Waals surface area contributed by atoms with Gasteiger partial charge in [0.25, 0.3) is 11.8 Å². The fraction of sp³-hybridized carbons (Fsp3) is 0.143. The van der Waals surface area contributed by atoms with Crippen molar-refractivity contribution in [1.82, 2.24) is 5.32 Å². The Morgan fingerprint density at radius 3 is 2.60 bits per heavy atom. The molecule has 0 aliphatic carbocycles. The summed E-state index contributed by atoms with van der Waals surface area (Å²) in [5.74, 6) is -0.977. The molecule has 3 aromatic rings. The zero-order valence-electron chi connectivity index (χ0n) is 15.6. The number of sulfone groups is 1. The van der Waals surface area contributed by atoms with Crippen LogP contribution < -0.4 is 10.6 Å². The molecule has 0 radical (unpaired) electrons. The van der Waals surface area contributed by atoms with Crippen LogP contribution in [0.15, 0.2) is 74.6 Å². The van der Waals surface area contributed by atoms with Gasteiger partial charge in [-0.3, -0.25) is 9.59 Å². The van der Waals surface area contributed by atoms with E-state index in [0.717, 1.165) is 5.56 Å².